The van der Waals surface area contributed by atoms with Crippen LogP contribution in [-0.2, 0) is 4.79 Å². The lowest BCUT2D eigenvalue weighted by Crippen LogP contribution is -2.50. The lowest BCUT2D eigenvalue weighted by molar-refractivity contribution is -0.132. The Morgan fingerprint density at radius 1 is 1.10 bits per heavy atom. The highest BCUT2D eigenvalue weighted by Gasteiger charge is 2.63. The molecule has 0 radical (unpaired) electrons. The van der Waals surface area contributed by atoms with Crippen molar-refractivity contribution in [3.8, 4) is 0 Å². The average Bonchev–Trinajstić information content (AvgIpc) is 2.78. The summed E-state index contributed by atoms with van der Waals surface area (Å²) in [4.78, 5) is 15.4. The molecule has 2 nitrogen and oxygen atoms in total. The van der Waals surface area contributed by atoms with Crippen LogP contribution in [0.2, 0.25) is 0 Å². The van der Waals surface area contributed by atoms with E-state index in [0.717, 1.165) is 24.8 Å². The highest BCUT2D eigenvalue weighted by molar-refractivity contribution is 5.89. The maximum absolute atomic E-state index is 12.9. The first-order valence-corrected chi connectivity index (χ1v) is 8.19. The van der Waals surface area contributed by atoms with Gasteiger partial charge in [0.1, 0.15) is 0 Å². The number of Topliss-reactive ketones (excluding diaryl/α,β-unsaturated/α-hetero) is 1. The van der Waals surface area contributed by atoms with E-state index in [1.165, 1.54) is 6.42 Å². The van der Waals surface area contributed by atoms with Crippen LogP contribution < -0.4 is 0 Å². The van der Waals surface area contributed by atoms with Gasteiger partial charge in [-0.1, -0.05) is 34.6 Å². The number of hydrogen-bond donors (Lipinski definition) is 0. The van der Waals surface area contributed by atoms with Crippen LogP contribution in [0.3, 0.4) is 0 Å². The van der Waals surface area contributed by atoms with Gasteiger partial charge in [-0.2, -0.15) is 0 Å². The van der Waals surface area contributed by atoms with E-state index in [4.69, 9.17) is 0 Å². The molecule has 1 unspecified atom stereocenters. The van der Waals surface area contributed by atoms with Crippen molar-refractivity contribution in [2.24, 2.45) is 22.7 Å². The third kappa shape index (κ3) is 2.68. The molecule has 116 valence electrons. The van der Waals surface area contributed by atoms with Crippen molar-refractivity contribution in [1.29, 1.82) is 0 Å². The van der Waals surface area contributed by atoms with Crippen molar-refractivity contribution in [2.45, 2.75) is 79.8 Å². The molecule has 0 amide bonds. The lowest BCUT2D eigenvalue weighted by atomic mass is 9.83. The van der Waals surface area contributed by atoms with Gasteiger partial charge in [0.15, 0.2) is 5.78 Å². The van der Waals surface area contributed by atoms with Gasteiger partial charge in [0.25, 0.3) is 0 Å². The zero-order valence-corrected chi connectivity index (χ0v) is 14.7. The molecule has 1 spiro atoms. The summed E-state index contributed by atoms with van der Waals surface area (Å²) in [5.41, 5.74) is 0.286. The molecule has 0 aromatic heterocycles. The first kappa shape index (κ1) is 16.0. The average molecular weight is 279 g/mol. The fourth-order valence-electron chi connectivity index (χ4n) is 4.19. The Balaban J connectivity index is 2.24. The summed E-state index contributed by atoms with van der Waals surface area (Å²) in [6.45, 7) is 18.7. The van der Waals surface area contributed by atoms with E-state index in [2.05, 4.69) is 60.3 Å². The Kier molecular flexibility index (Phi) is 3.65. The van der Waals surface area contributed by atoms with Gasteiger partial charge in [-0.25, -0.2) is 0 Å². The predicted octanol–water partition coefficient (Wildman–Crippen LogP) is 4.14. The van der Waals surface area contributed by atoms with Gasteiger partial charge in [-0.15, -0.1) is 0 Å². The van der Waals surface area contributed by atoms with Gasteiger partial charge in [-0.3, -0.25) is 9.69 Å². The quantitative estimate of drug-likeness (QED) is 0.757. The number of rotatable bonds is 2. The van der Waals surface area contributed by atoms with Gasteiger partial charge in [0, 0.05) is 17.5 Å². The number of likely N-dealkylation sites (tertiary alicyclic amines) is 1. The second kappa shape index (κ2) is 4.56. The van der Waals surface area contributed by atoms with E-state index in [-0.39, 0.29) is 17.0 Å². The van der Waals surface area contributed by atoms with Crippen molar-refractivity contribution in [2.75, 3.05) is 6.54 Å². The molecule has 0 aromatic carbocycles. The monoisotopic (exact) mass is 279 g/mol. The summed E-state index contributed by atoms with van der Waals surface area (Å²) in [6, 6.07) is 0.124. The van der Waals surface area contributed by atoms with Crippen LogP contribution >= 0.6 is 0 Å². The Labute approximate surface area is 125 Å². The Hall–Kier alpha value is -0.370. The van der Waals surface area contributed by atoms with E-state index >= 15 is 0 Å². The van der Waals surface area contributed by atoms with Crippen molar-refractivity contribution in [3.63, 3.8) is 0 Å². The van der Waals surface area contributed by atoms with Gasteiger partial charge < -0.3 is 0 Å². The SMILES string of the molecule is CC(C)C1C[C@]12C[C@@H](C(=O)C(C)(C)C)N(C(C)(C)C)C2. The molecule has 2 aliphatic rings. The van der Waals surface area contributed by atoms with Crippen molar-refractivity contribution >= 4 is 5.78 Å². The molecule has 2 rings (SSSR count). The second-order valence-electron chi connectivity index (χ2n) is 9.55. The number of carbonyl (C=O) groups excluding carboxylic acids is 1. The van der Waals surface area contributed by atoms with E-state index in [0.29, 0.717) is 11.2 Å². The van der Waals surface area contributed by atoms with Crippen LogP contribution in [-0.4, -0.2) is 28.8 Å². The molecule has 0 N–H and O–H groups in total. The second-order valence-corrected chi connectivity index (χ2v) is 9.55. The minimum atomic E-state index is -0.234. The third-order valence-electron chi connectivity index (χ3n) is 5.42. The Morgan fingerprint density at radius 3 is 2.00 bits per heavy atom. The van der Waals surface area contributed by atoms with Crippen LogP contribution in [0.1, 0.15) is 68.2 Å². The molecule has 0 aromatic rings. The molecule has 1 aliphatic carbocycles. The molecule has 1 saturated carbocycles. The summed E-state index contributed by atoms with van der Waals surface area (Å²) in [6.07, 6.45) is 2.41. The number of carbonyl (C=O) groups is 1. The Morgan fingerprint density at radius 2 is 1.65 bits per heavy atom. The summed E-state index contributed by atoms with van der Waals surface area (Å²) in [5.74, 6) is 2.00. The van der Waals surface area contributed by atoms with Crippen molar-refractivity contribution < 1.29 is 4.79 Å². The van der Waals surface area contributed by atoms with Gasteiger partial charge in [0.2, 0.25) is 0 Å². The minimum Gasteiger partial charge on any atom is -0.297 e. The smallest absolute Gasteiger partial charge is 0.155 e. The Bertz CT molecular complexity index is 399. The summed E-state index contributed by atoms with van der Waals surface area (Å²) >= 11 is 0. The molecular formula is C18H33NO. The standard InChI is InChI=1S/C18H33NO/c1-12(2)13-9-18(13)10-14(15(20)16(3,4)5)19(11-18)17(6,7)8/h12-14H,9-11H2,1-8H3/t13?,14-,18+/m0/s1. The third-order valence-corrected chi connectivity index (χ3v) is 5.42. The molecule has 2 heteroatoms. The summed E-state index contributed by atoms with van der Waals surface area (Å²) in [7, 11) is 0. The molecule has 2 fully saturated rings. The number of ketones is 1. The van der Waals surface area contributed by atoms with E-state index in [1.54, 1.807) is 0 Å². The fourth-order valence-corrected chi connectivity index (χ4v) is 4.19. The largest absolute Gasteiger partial charge is 0.297 e. The first-order valence-electron chi connectivity index (χ1n) is 8.19. The molecule has 0 bridgehead atoms. The number of nitrogens with zero attached hydrogens (tertiary/aromatic N) is 1. The van der Waals surface area contributed by atoms with Crippen LogP contribution in [0.25, 0.3) is 0 Å². The van der Waals surface area contributed by atoms with E-state index in [9.17, 15) is 4.79 Å². The van der Waals surface area contributed by atoms with Crippen LogP contribution in [0.5, 0.6) is 0 Å². The molecule has 20 heavy (non-hydrogen) atoms. The normalized spacial score (nSPS) is 35.0. The minimum absolute atomic E-state index is 0.0825. The summed E-state index contributed by atoms with van der Waals surface area (Å²) < 4.78 is 0. The molecule has 1 saturated heterocycles. The maximum atomic E-state index is 12.9. The predicted molar refractivity (Wildman–Crippen MR) is 84.7 cm³/mol. The fraction of sp³-hybridized carbons (Fsp3) is 0.944. The van der Waals surface area contributed by atoms with Crippen LogP contribution in [0, 0.1) is 22.7 Å². The first-order chi connectivity index (χ1) is 8.88. The summed E-state index contributed by atoms with van der Waals surface area (Å²) in [5, 5.41) is 0. The maximum Gasteiger partial charge on any atom is 0.155 e. The van der Waals surface area contributed by atoms with Crippen LogP contribution in [0.4, 0.5) is 0 Å². The molecular weight excluding hydrogens is 246 g/mol. The zero-order chi connectivity index (χ0) is 15.5. The van der Waals surface area contributed by atoms with Gasteiger partial charge in [0.05, 0.1) is 6.04 Å². The van der Waals surface area contributed by atoms with Gasteiger partial charge >= 0.3 is 0 Å². The molecule has 3 atom stereocenters. The molecule has 1 aliphatic heterocycles. The lowest BCUT2D eigenvalue weighted by Gasteiger charge is -2.38. The van der Waals surface area contributed by atoms with Crippen molar-refractivity contribution in [3.05, 3.63) is 0 Å². The highest BCUT2D eigenvalue weighted by atomic mass is 16.1. The highest BCUT2D eigenvalue weighted by Crippen LogP contribution is 2.64. The van der Waals surface area contributed by atoms with Crippen molar-refractivity contribution in [1.82, 2.24) is 4.90 Å². The topological polar surface area (TPSA) is 20.3 Å². The zero-order valence-electron chi connectivity index (χ0n) is 14.7. The molecule has 1 heterocycles. The van der Waals surface area contributed by atoms with E-state index < -0.39 is 0 Å². The number of hydrogen-bond acceptors (Lipinski definition) is 2. The van der Waals surface area contributed by atoms with E-state index in [1.807, 2.05) is 0 Å². The van der Waals surface area contributed by atoms with Crippen LogP contribution in [0.15, 0.2) is 0 Å². The van der Waals surface area contributed by atoms with Gasteiger partial charge in [-0.05, 0) is 50.9 Å².